The van der Waals surface area contributed by atoms with E-state index < -0.39 is 0 Å². The summed E-state index contributed by atoms with van der Waals surface area (Å²) in [5.41, 5.74) is 0. The van der Waals surface area contributed by atoms with E-state index in [2.05, 4.69) is 12.6 Å². The molecule has 0 aromatic heterocycles. The molecule has 0 radical (unpaired) electrons. The fraction of sp³-hybridized carbons (Fsp3) is 0.714. The first kappa shape index (κ1) is 9.69. The average molecular weight is 160 g/mol. The lowest BCUT2D eigenvalue weighted by molar-refractivity contribution is -0.115. The molecular weight excluding hydrogens is 148 g/mol. The highest BCUT2D eigenvalue weighted by atomic mass is 32.1. The van der Waals surface area contributed by atoms with E-state index in [0.717, 1.165) is 6.29 Å². The van der Waals surface area contributed by atoms with Gasteiger partial charge in [-0.3, -0.25) is 4.79 Å². The number of hydrogen-bond donors (Lipinski definition) is 1. The third-order valence-corrected chi connectivity index (χ3v) is 2.12. The number of hydrogen-bond acceptors (Lipinski definition) is 2. The average Bonchev–Trinajstić information content (AvgIpc) is 1.87. The molecule has 58 valence electrons. The van der Waals surface area contributed by atoms with Crippen LogP contribution in [0, 0.1) is 11.8 Å². The predicted molar refractivity (Wildman–Crippen MR) is 43.0 cm³/mol. The summed E-state index contributed by atoms with van der Waals surface area (Å²) in [6.45, 7) is 3.65. The van der Waals surface area contributed by atoms with Crippen LogP contribution in [0.3, 0.4) is 0 Å². The zero-order valence-corrected chi connectivity index (χ0v) is 7.10. The molecule has 0 spiro atoms. The topological polar surface area (TPSA) is 34.1 Å². The van der Waals surface area contributed by atoms with Crippen molar-refractivity contribution >= 4 is 24.0 Å². The van der Waals surface area contributed by atoms with Crippen LogP contribution in [-0.2, 0) is 9.59 Å². The van der Waals surface area contributed by atoms with Crippen LogP contribution in [-0.4, -0.2) is 11.4 Å². The minimum Gasteiger partial charge on any atom is -0.303 e. The van der Waals surface area contributed by atoms with Gasteiger partial charge in [-0.15, -0.1) is 12.6 Å². The van der Waals surface area contributed by atoms with Gasteiger partial charge in [0, 0.05) is 12.3 Å². The van der Waals surface area contributed by atoms with Crippen molar-refractivity contribution in [3.05, 3.63) is 0 Å². The number of carbonyl (C=O) groups is 2. The maximum Gasteiger partial charge on any atom is 0.188 e. The molecule has 0 saturated heterocycles. The van der Waals surface area contributed by atoms with Crippen molar-refractivity contribution in [1.82, 2.24) is 0 Å². The maximum atomic E-state index is 10.6. The van der Waals surface area contributed by atoms with E-state index in [0.29, 0.717) is 6.42 Å². The second-order valence-electron chi connectivity index (χ2n) is 2.51. The minimum absolute atomic E-state index is 0.113. The molecule has 0 aromatic rings. The normalized spacial score (nSPS) is 15.9. The van der Waals surface area contributed by atoms with Gasteiger partial charge in [0.2, 0.25) is 0 Å². The molecule has 10 heavy (non-hydrogen) atoms. The number of rotatable bonds is 4. The van der Waals surface area contributed by atoms with Crippen LogP contribution >= 0.6 is 12.6 Å². The van der Waals surface area contributed by atoms with E-state index in [1.54, 1.807) is 6.92 Å². The van der Waals surface area contributed by atoms with Crippen molar-refractivity contribution in [2.24, 2.45) is 11.8 Å². The van der Waals surface area contributed by atoms with Crippen molar-refractivity contribution < 1.29 is 9.59 Å². The molecule has 0 N–H and O–H groups in total. The summed E-state index contributed by atoms with van der Waals surface area (Å²) in [7, 11) is 0. The molecule has 0 aromatic carbocycles. The number of carbonyl (C=O) groups excluding carboxylic acids is 2. The van der Waals surface area contributed by atoms with Crippen molar-refractivity contribution in [3.8, 4) is 0 Å². The lowest BCUT2D eigenvalue weighted by atomic mass is 9.95. The highest BCUT2D eigenvalue weighted by molar-refractivity contribution is 7.96. The number of thiol groups is 1. The molecule has 0 aliphatic heterocycles. The van der Waals surface area contributed by atoms with Crippen LogP contribution in [0.2, 0.25) is 0 Å². The predicted octanol–water partition coefficient (Wildman–Crippen LogP) is 1.30. The molecule has 0 bridgehead atoms. The third kappa shape index (κ3) is 3.01. The minimum atomic E-state index is -0.144. The van der Waals surface area contributed by atoms with Gasteiger partial charge in [-0.2, -0.15) is 0 Å². The highest BCUT2D eigenvalue weighted by Crippen LogP contribution is 2.15. The van der Waals surface area contributed by atoms with Gasteiger partial charge in [-0.05, 0) is 5.92 Å². The second-order valence-corrected chi connectivity index (χ2v) is 2.95. The monoisotopic (exact) mass is 160 g/mol. The Labute approximate surface area is 66.4 Å². The Bertz CT molecular complexity index is 134. The molecule has 0 aliphatic rings. The summed E-state index contributed by atoms with van der Waals surface area (Å²) < 4.78 is 0. The Balaban J connectivity index is 3.80. The van der Waals surface area contributed by atoms with Gasteiger partial charge < -0.3 is 4.79 Å². The zero-order valence-electron chi connectivity index (χ0n) is 6.20. The van der Waals surface area contributed by atoms with Gasteiger partial charge in [-0.25, -0.2) is 0 Å². The zero-order chi connectivity index (χ0) is 8.15. The summed E-state index contributed by atoms with van der Waals surface area (Å²) in [5, 5.41) is -0.144. The molecule has 2 nitrogen and oxygen atoms in total. The van der Waals surface area contributed by atoms with Crippen LogP contribution in [0.4, 0.5) is 0 Å². The number of aldehydes is 1. The highest BCUT2D eigenvalue weighted by Gasteiger charge is 2.16. The van der Waals surface area contributed by atoms with Crippen LogP contribution in [0.25, 0.3) is 0 Å². The van der Waals surface area contributed by atoms with Gasteiger partial charge >= 0.3 is 0 Å². The molecule has 0 rings (SSSR count). The standard InChI is InChI=1S/C7H12O2S/c1-5(3-4-8)6(2)7(9)10/h4-6H,3H2,1-2H3,(H,9,10)/t5-,6+/m1/s1. The van der Waals surface area contributed by atoms with Gasteiger partial charge in [0.1, 0.15) is 6.29 Å². The SMILES string of the molecule is C[C@H](CC=O)[C@H](C)C(=O)S. The second kappa shape index (κ2) is 4.50. The third-order valence-electron chi connectivity index (χ3n) is 1.71. The summed E-state index contributed by atoms with van der Waals surface area (Å²) >= 11 is 3.67. The van der Waals surface area contributed by atoms with Crippen molar-refractivity contribution in [3.63, 3.8) is 0 Å². The largest absolute Gasteiger partial charge is 0.303 e. The van der Waals surface area contributed by atoms with E-state index in [9.17, 15) is 9.59 Å². The van der Waals surface area contributed by atoms with E-state index >= 15 is 0 Å². The van der Waals surface area contributed by atoms with Gasteiger partial charge in [0.15, 0.2) is 5.12 Å². The summed E-state index contributed by atoms with van der Waals surface area (Å²) in [4.78, 5) is 20.6. The summed E-state index contributed by atoms with van der Waals surface area (Å²) in [5.74, 6) is -0.00367. The van der Waals surface area contributed by atoms with E-state index in [1.165, 1.54) is 0 Å². The fourth-order valence-corrected chi connectivity index (χ4v) is 0.854. The Morgan fingerprint density at radius 2 is 2.10 bits per heavy atom. The first-order valence-corrected chi connectivity index (χ1v) is 3.70. The van der Waals surface area contributed by atoms with Crippen molar-refractivity contribution in [2.45, 2.75) is 20.3 Å². The molecule has 2 atom stereocenters. The Hall–Kier alpha value is -0.310. The Morgan fingerprint density at radius 1 is 1.60 bits per heavy atom. The van der Waals surface area contributed by atoms with Gasteiger partial charge in [0.05, 0.1) is 0 Å². The fourth-order valence-electron chi connectivity index (χ4n) is 0.599. The molecule has 0 heterocycles. The van der Waals surface area contributed by atoms with Gasteiger partial charge in [-0.1, -0.05) is 13.8 Å². The molecule has 0 unspecified atom stereocenters. The first-order chi connectivity index (χ1) is 4.59. The summed E-state index contributed by atoms with van der Waals surface area (Å²) in [6, 6.07) is 0. The quantitative estimate of drug-likeness (QED) is 0.497. The van der Waals surface area contributed by atoms with Crippen molar-refractivity contribution in [1.29, 1.82) is 0 Å². The molecule has 0 fully saturated rings. The van der Waals surface area contributed by atoms with E-state index in [4.69, 9.17) is 0 Å². The molecule has 3 heteroatoms. The molecular formula is C7H12O2S. The van der Waals surface area contributed by atoms with Crippen molar-refractivity contribution in [2.75, 3.05) is 0 Å². The summed E-state index contributed by atoms with van der Waals surface area (Å²) in [6.07, 6.45) is 1.27. The van der Waals surface area contributed by atoms with Crippen LogP contribution in [0.1, 0.15) is 20.3 Å². The Morgan fingerprint density at radius 3 is 2.40 bits per heavy atom. The maximum absolute atomic E-state index is 10.6. The lowest BCUT2D eigenvalue weighted by Gasteiger charge is -2.12. The Kier molecular flexibility index (Phi) is 4.36. The van der Waals surface area contributed by atoms with Crippen LogP contribution < -0.4 is 0 Å². The van der Waals surface area contributed by atoms with Gasteiger partial charge in [0.25, 0.3) is 0 Å². The first-order valence-electron chi connectivity index (χ1n) is 3.26. The van der Waals surface area contributed by atoms with Crippen LogP contribution in [0.5, 0.6) is 0 Å². The smallest absolute Gasteiger partial charge is 0.188 e. The molecule has 0 amide bonds. The van der Waals surface area contributed by atoms with Crippen LogP contribution in [0.15, 0.2) is 0 Å². The lowest BCUT2D eigenvalue weighted by Crippen LogP contribution is -2.14. The molecule has 0 saturated carbocycles. The van der Waals surface area contributed by atoms with E-state index in [-0.39, 0.29) is 17.0 Å². The molecule has 0 aliphatic carbocycles. The van der Waals surface area contributed by atoms with E-state index in [1.807, 2.05) is 6.92 Å².